The van der Waals surface area contributed by atoms with Crippen LogP contribution in [0.4, 0.5) is 19.4 Å². The molecule has 3 N–H and O–H groups in total. The van der Waals surface area contributed by atoms with Gasteiger partial charge in [-0.25, -0.2) is 23.1 Å². The normalized spacial score (nSPS) is 23.8. The average molecular weight is 428 g/mol. The molecule has 3 aromatic rings. The molecule has 2 amide bonds. The number of likely N-dealkylation sites (tertiary alicyclic amines) is 1. The van der Waals surface area contributed by atoms with E-state index in [9.17, 15) is 18.7 Å². The number of hydrogen-bond donors (Lipinski definition) is 2. The summed E-state index contributed by atoms with van der Waals surface area (Å²) in [6.45, 7) is 0.998. The van der Waals surface area contributed by atoms with Gasteiger partial charge >= 0.3 is 6.03 Å². The zero-order chi connectivity index (χ0) is 21.7. The first-order valence-corrected chi connectivity index (χ1v) is 10.2. The van der Waals surface area contributed by atoms with Gasteiger partial charge in [0.25, 0.3) is 0 Å². The van der Waals surface area contributed by atoms with Gasteiger partial charge < -0.3 is 20.6 Å². The first-order valence-electron chi connectivity index (χ1n) is 10.2. The quantitative estimate of drug-likeness (QED) is 0.668. The van der Waals surface area contributed by atoms with E-state index in [0.29, 0.717) is 48.5 Å². The van der Waals surface area contributed by atoms with Gasteiger partial charge in [-0.3, -0.25) is 0 Å². The van der Waals surface area contributed by atoms with Gasteiger partial charge in [-0.15, -0.1) is 0 Å². The fourth-order valence-electron chi connectivity index (χ4n) is 4.78. The van der Waals surface area contributed by atoms with Crippen LogP contribution in [-0.4, -0.2) is 49.8 Å². The van der Waals surface area contributed by atoms with Crippen LogP contribution >= 0.6 is 0 Å². The molecule has 3 unspecified atom stereocenters. The molecule has 2 aliphatic rings. The molecule has 3 atom stereocenters. The molecule has 1 aromatic carbocycles. The van der Waals surface area contributed by atoms with E-state index in [2.05, 4.69) is 5.10 Å². The number of fused-ring (bicyclic) bond motifs is 1. The van der Waals surface area contributed by atoms with Gasteiger partial charge in [-0.1, -0.05) is 0 Å². The summed E-state index contributed by atoms with van der Waals surface area (Å²) < 4.78 is 29.8. The van der Waals surface area contributed by atoms with Crippen molar-refractivity contribution in [3.05, 3.63) is 59.4 Å². The number of amides is 2. The molecule has 0 aliphatic carbocycles. The molecule has 4 heterocycles. The van der Waals surface area contributed by atoms with Gasteiger partial charge in [0.05, 0.1) is 24.4 Å². The van der Waals surface area contributed by atoms with E-state index in [1.165, 1.54) is 11.0 Å². The van der Waals surface area contributed by atoms with E-state index < -0.39 is 29.8 Å². The van der Waals surface area contributed by atoms with Gasteiger partial charge in [0, 0.05) is 30.4 Å². The van der Waals surface area contributed by atoms with Gasteiger partial charge in [0.15, 0.2) is 5.65 Å². The number of anilines is 1. The van der Waals surface area contributed by atoms with Crippen LogP contribution in [0.1, 0.15) is 42.5 Å². The highest BCUT2D eigenvalue weighted by molar-refractivity contribution is 5.74. The number of nitrogens with two attached hydrogens (primary N) is 1. The summed E-state index contributed by atoms with van der Waals surface area (Å²) in [4.78, 5) is 19.9. The van der Waals surface area contributed by atoms with Crippen LogP contribution in [0.15, 0.2) is 36.7 Å². The van der Waals surface area contributed by atoms with Crippen molar-refractivity contribution in [1.82, 2.24) is 19.5 Å². The minimum atomic E-state index is -0.771. The largest absolute Gasteiger partial charge is 0.391 e. The number of primary amides is 1. The van der Waals surface area contributed by atoms with Crippen molar-refractivity contribution in [1.29, 1.82) is 0 Å². The number of benzene rings is 1. The Balaban J connectivity index is 1.55. The van der Waals surface area contributed by atoms with Crippen molar-refractivity contribution >= 4 is 17.5 Å². The molecule has 0 bridgehead atoms. The molecular formula is C21H22F2N6O2. The molecule has 10 heteroatoms. The van der Waals surface area contributed by atoms with Gasteiger partial charge in [0.2, 0.25) is 0 Å². The van der Waals surface area contributed by atoms with Crippen molar-refractivity contribution in [2.75, 3.05) is 18.0 Å². The maximum atomic E-state index is 14.4. The number of hydrogen-bond acceptors (Lipinski definition) is 5. The lowest BCUT2D eigenvalue weighted by Crippen LogP contribution is -2.37. The Hall–Kier alpha value is -3.27. The van der Waals surface area contributed by atoms with Crippen LogP contribution < -0.4 is 10.6 Å². The third-order valence-corrected chi connectivity index (χ3v) is 6.21. The molecule has 0 saturated carbocycles. The van der Waals surface area contributed by atoms with Crippen LogP contribution in [0.5, 0.6) is 0 Å². The number of carbonyl (C=O) groups is 1. The minimum absolute atomic E-state index is 0.305. The summed E-state index contributed by atoms with van der Waals surface area (Å²) in [5.41, 5.74) is 6.88. The fourth-order valence-corrected chi connectivity index (χ4v) is 4.78. The summed E-state index contributed by atoms with van der Waals surface area (Å²) in [5, 5.41) is 14.8. The van der Waals surface area contributed by atoms with E-state index in [4.69, 9.17) is 10.7 Å². The predicted octanol–water partition coefficient (Wildman–Crippen LogP) is 2.54. The first kappa shape index (κ1) is 19.7. The number of rotatable bonds is 3. The Morgan fingerprint density at radius 2 is 2.00 bits per heavy atom. The van der Waals surface area contributed by atoms with E-state index in [1.807, 2.05) is 4.90 Å². The van der Waals surface area contributed by atoms with Crippen LogP contribution in [0, 0.1) is 11.6 Å². The van der Waals surface area contributed by atoms with Crippen molar-refractivity contribution in [3.8, 4) is 0 Å². The summed E-state index contributed by atoms with van der Waals surface area (Å²) in [6, 6.07) is 3.68. The monoisotopic (exact) mass is 428 g/mol. The first-order chi connectivity index (χ1) is 14.9. The van der Waals surface area contributed by atoms with Crippen LogP contribution in [0.2, 0.25) is 0 Å². The van der Waals surface area contributed by atoms with Gasteiger partial charge in [0.1, 0.15) is 17.5 Å². The number of aliphatic hydroxyl groups excluding tert-OH is 1. The smallest absolute Gasteiger partial charge is 0.315 e. The molecule has 0 spiro atoms. The molecular weight excluding hydrogens is 406 g/mol. The highest BCUT2D eigenvalue weighted by Gasteiger charge is 2.38. The van der Waals surface area contributed by atoms with E-state index >= 15 is 0 Å². The molecule has 31 heavy (non-hydrogen) atoms. The van der Waals surface area contributed by atoms with Crippen molar-refractivity contribution in [2.24, 2.45) is 5.73 Å². The second-order valence-electron chi connectivity index (χ2n) is 8.00. The van der Waals surface area contributed by atoms with Gasteiger partial charge in [-0.2, -0.15) is 5.10 Å². The molecule has 162 valence electrons. The summed E-state index contributed by atoms with van der Waals surface area (Å²) >= 11 is 0. The van der Waals surface area contributed by atoms with E-state index in [0.717, 1.165) is 18.6 Å². The maximum absolute atomic E-state index is 14.4. The zero-order valence-corrected chi connectivity index (χ0v) is 16.7. The molecule has 2 saturated heterocycles. The van der Waals surface area contributed by atoms with Crippen molar-refractivity contribution in [2.45, 2.75) is 37.5 Å². The van der Waals surface area contributed by atoms with E-state index in [-0.39, 0.29) is 6.04 Å². The number of aromatic nitrogens is 3. The summed E-state index contributed by atoms with van der Waals surface area (Å²) in [5.74, 6) is -0.333. The van der Waals surface area contributed by atoms with Crippen LogP contribution in [0.3, 0.4) is 0 Å². The highest BCUT2D eigenvalue weighted by Crippen LogP contribution is 2.38. The molecule has 2 aromatic heterocycles. The lowest BCUT2D eigenvalue weighted by atomic mass is 10.0. The number of nitrogens with zero attached hydrogens (tertiary/aromatic N) is 5. The minimum Gasteiger partial charge on any atom is -0.391 e. The Labute approximate surface area is 176 Å². The molecule has 5 rings (SSSR count). The third kappa shape index (κ3) is 3.27. The predicted molar refractivity (Wildman–Crippen MR) is 108 cm³/mol. The Morgan fingerprint density at radius 1 is 1.16 bits per heavy atom. The lowest BCUT2D eigenvalue weighted by Gasteiger charge is -2.27. The maximum Gasteiger partial charge on any atom is 0.315 e. The third-order valence-electron chi connectivity index (χ3n) is 6.21. The summed E-state index contributed by atoms with van der Waals surface area (Å²) in [7, 11) is 0. The number of carbonyl (C=O) groups excluding carboxylic acids is 1. The molecule has 0 radical (unpaired) electrons. The molecule has 2 aliphatic heterocycles. The molecule has 2 fully saturated rings. The number of aliphatic hydroxyl groups is 1. The second-order valence-corrected chi connectivity index (χ2v) is 8.00. The topological polar surface area (TPSA) is 100.0 Å². The second kappa shape index (κ2) is 7.45. The average Bonchev–Trinajstić information content (AvgIpc) is 3.47. The highest BCUT2D eigenvalue weighted by atomic mass is 19.1. The van der Waals surface area contributed by atoms with E-state index in [1.54, 1.807) is 23.0 Å². The zero-order valence-electron chi connectivity index (χ0n) is 16.7. The van der Waals surface area contributed by atoms with Crippen LogP contribution in [-0.2, 0) is 0 Å². The van der Waals surface area contributed by atoms with Crippen molar-refractivity contribution in [3.63, 3.8) is 0 Å². The van der Waals surface area contributed by atoms with Crippen molar-refractivity contribution < 1.29 is 18.7 Å². The Morgan fingerprint density at radius 3 is 2.81 bits per heavy atom. The van der Waals surface area contributed by atoms with Gasteiger partial charge in [-0.05, 0) is 43.5 Å². The molecule has 8 nitrogen and oxygen atoms in total. The SMILES string of the molecule is NC(=O)N1CCC(O)C1c1cnn2ccc(N3CCCC3c3cc(F)ccc3F)nc12. The Bertz CT molecular complexity index is 1150. The standard InChI is InChI=1S/C21H22F2N6O2/c22-12-3-4-15(23)13(10-12)16-2-1-7-27(16)18-6-9-29-20(26-18)14(11-25-29)19-17(30)5-8-28(19)21(24)31/h3-4,6,9-11,16-17,19,30H,1-2,5,7-8H2,(H2,24,31). The lowest BCUT2D eigenvalue weighted by molar-refractivity contribution is 0.126. The number of urea groups is 1. The fraction of sp³-hybridized carbons (Fsp3) is 0.381. The Kier molecular flexibility index (Phi) is 4.73. The van der Waals surface area contributed by atoms with Crippen LogP contribution in [0.25, 0.3) is 5.65 Å². The summed E-state index contributed by atoms with van der Waals surface area (Å²) in [6.07, 6.45) is 4.44. The number of halogens is 2.